The topological polar surface area (TPSA) is 20.3 Å². The van der Waals surface area contributed by atoms with Crippen molar-refractivity contribution in [3.8, 4) is 0 Å². The van der Waals surface area contributed by atoms with Crippen LogP contribution in [0.3, 0.4) is 0 Å². The minimum absolute atomic E-state index is 0.0218. The van der Waals surface area contributed by atoms with Gasteiger partial charge in [-0.15, -0.1) is 0 Å². The third-order valence-electron chi connectivity index (χ3n) is 5.45. The predicted molar refractivity (Wildman–Crippen MR) is 105 cm³/mol. The molecule has 4 heteroatoms. The standard InChI is InChI=1S/C24H21F2NO/c1-27(24(28)21-15-20(21)19-9-5-6-10-22(19)26)23(16-7-3-2-4-8-16)17-11-13-18(25)14-12-17/h2-14,20-21,23H,15H2,1H3/t20-,21+,23-/m0/s1. The zero-order valence-corrected chi connectivity index (χ0v) is 15.6. The largest absolute Gasteiger partial charge is 0.334 e. The fourth-order valence-corrected chi connectivity index (χ4v) is 3.90. The van der Waals surface area contributed by atoms with E-state index in [4.69, 9.17) is 0 Å². The lowest BCUT2D eigenvalue weighted by Crippen LogP contribution is -2.33. The van der Waals surface area contributed by atoms with Crippen molar-refractivity contribution < 1.29 is 13.6 Å². The van der Waals surface area contributed by atoms with E-state index in [-0.39, 0.29) is 35.4 Å². The first-order chi connectivity index (χ1) is 13.6. The molecule has 1 fully saturated rings. The van der Waals surface area contributed by atoms with Gasteiger partial charge in [0, 0.05) is 13.0 Å². The fourth-order valence-electron chi connectivity index (χ4n) is 3.90. The van der Waals surface area contributed by atoms with Crippen LogP contribution < -0.4 is 0 Å². The molecule has 0 saturated heterocycles. The van der Waals surface area contributed by atoms with Gasteiger partial charge in [0.05, 0.1) is 6.04 Å². The SMILES string of the molecule is CN(C(=O)[C@@H]1C[C@H]1c1ccccc1F)[C@@H](c1ccccc1)c1ccc(F)cc1. The van der Waals surface area contributed by atoms with Crippen LogP contribution in [0.4, 0.5) is 8.78 Å². The monoisotopic (exact) mass is 377 g/mol. The second-order valence-electron chi connectivity index (χ2n) is 7.28. The average Bonchev–Trinajstić information content (AvgIpc) is 3.51. The van der Waals surface area contributed by atoms with E-state index in [1.54, 1.807) is 42.3 Å². The Labute approximate surface area is 163 Å². The third-order valence-corrected chi connectivity index (χ3v) is 5.45. The predicted octanol–water partition coefficient (Wildman–Crippen LogP) is 5.32. The van der Waals surface area contributed by atoms with Gasteiger partial charge in [-0.05, 0) is 47.2 Å². The summed E-state index contributed by atoms with van der Waals surface area (Å²) in [7, 11) is 1.76. The lowest BCUT2D eigenvalue weighted by molar-refractivity contribution is -0.132. The summed E-state index contributed by atoms with van der Waals surface area (Å²) in [6.45, 7) is 0. The number of amides is 1. The zero-order chi connectivity index (χ0) is 19.7. The van der Waals surface area contributed by atoms with Gasteiger partial charge in [0.1, 0.15) is 11.6 Å². The van der Waals surface area contributed by atoms with E-state index in [0.29, 0.717) is 12.0 Å². The number of rotatable bonds is 5. The average molecular weight is 377 g/mol. The van der Waals surface area contributed by atoms with Crippen molar-refractivity contribution in [1.82, 2.24) is 4.90 Å². The maximum atomic E-state index is 14.1. The Morgan fingerprint density at radius 2 is 1.50 bits per heavy atom. The van der Waals surface area contributed by atoms with E-state index in [0.717, 1.165) is 11.1 Å². The van der Waals surface area contributed by atoms with Crippen molar-refractivity contribution in [2.45, 2.75) is 18.4 Å². The van der Waals surface area contributed by atoms with Gasteiger partial charge in [0.15, 0.2) is 0 Å². The molecule has 1 amide bonds. The minimum atomic E-state index is -0.323. The van der Waals surface area contributed by atoms with Gasteiger partial charge in [-0.3, -0.25) is 4.79 Å². The molecule has 0 aromatic heterocycles. The molecule has 0 aliphatic heterocycles. The first-order valence-electron chi connectivity index (χ1n) is 9.38. The Balaban J connectivity index is 1.61. The maximum absolute atomic E-state index is 14.1. The number of benzene rings is 3. The summed E-state index contributed by atoms with van der Waals surface area (Å²) in [5, 5.41) is 0. The number of hydrogen-bond acceptors (Lipinski definition) is 1. The van der Waals surface area contributed by atoms with Gasteiger partial charge in [-0.2, -0.15) is 0 Å². The molecule has 142 valence electrons. The lowest BCUT2D eigenvalue weighted by atomic mass is 9.96. The summed E-state index contributed by atoms with van der Waals surface area (Å²) >= 11 is 0. The second kappa shape index (κ2) is 7.55. The Morgan fingerprint density at radius 3 is 2.18 bits per heavy atom. The molecule has 0 heterocycles. The highest BCUT2D eigenvalue weighted by atomic mass is 19.1. The normalized spacial score (nSPS) is 19.1. The van der Waals surface area contributed by atoms with Gasteiger partial charge in [0.25, 0.3) is 0 Å². The van der Waals surface area contributed by atoms with Gasteiger partial charge in [-0.25, -0.2) is 8.78 Å². The molecule has 0 bridgehead atoms. The summed E-state index contributed by atoms with van der Waals surface area (Å²) in [5.41, 5.74) is 2.40. The van der Waals surface area contributed by atoms with Crippen molar-refractivity contribution in [3.05, 3.63) is 107 Å². The Kier molecular flexibility index (Phi) is 4.95. The van der Waals surface area contributed by atoms with Crippen molar-refractivity contribution in [2.24, 2.45) is 5.92 Å². The molecule has 0 radical (unpaired) electrons. The molecule has 0 unspecified atom stereocenters. The highest BCUT2D eigenvalue weighted by molar-refractivity contribution is 5.83. The first-order valence-corrected chi connectivity index (χ1v) is 9.38. The van der Waals surface area contributed by atoms with Crippen LogP contribution in [0, 0.1) is 17.6 Å². The van der Waals surface area contributed by atoms with Crippen molar-refractivity contribution in [2.75, 3.05) is 7.05 Å². The molecular formula is C24H21F2NO. The van der Waals surface area contributed by atoms with Gasteiger partial charge >= 0.3 is 0 Å². The van der Waals surface area contributed by atoms with Crippen LogP contribution in [0.1, 0.15) is 35.1 Å². The second-order valence-corrected chi connectivity index (χ2v) is 7.28. The van der Waals surface area contributed by atoms with Crippen LogP contribution >= 0.6 is 0 Å². The molecule has 3 aromatic carbocycles. The molecule has 0 N–H and O–H groups in total. The summed E-state index contributed by atoms with van der Waals surface area (Å²) in [4.78, 5) is 14.9. The maximum Gasteiger partial charge on any atom is 0.226 e. The Bertz CT molecular complexity index is 971. The quantitative estimate of drug-likeness (QED) is 0.590. The van der Waals surface area contributed by atoms with Crippen molar-refractivity contribution in [3.63, 3.8) is 0 Å². The van der Waals surface area contributed by atoms with Crippen LogP contribution in [0.2, 0.25) is 0 Å². The van der Waals surface area contributed by atoms with Crippen LogP contribution in [-0.4, -0.2) is 17.9 Å². The van der Waals surface area contributed by atoms with Crippen LogP contribution in [-0.2, 0) is 4.79 Å². The van der Waals surface area contributed by atoms with Crippen molar-refractivity contribution >= 4 is 5.91 Å². The molecule has 0 spiro atoms. The molecule has 1 saturated carbocycles. The fraction of sp³-hybridized carbons (Fsp3) is 0.208. The zero-order valence-electron chi connectivity index (χ0n) is 15.6. The van der Waals surface area contributed by atoms with E-state index in [2.05, 4.69) is 0 Å². The van der Waals surface area contributed by atoms with Crippen LogP contribution in [0.15, 0.2) is 78.9 Å². The smallest absolute Gasteiger partial charge is 0.226 e. The van der Waals surface area contributed by atoms with E-state index in [1.807, 2.05) is 30.3 Å². The summed E-state index contributed by atoms with van der Waals surface area (Å²) in [6, 6.07) is 22.2. The summed E-state index contributed by atoms with van der Waals surface area (Å²) in [5.74, 6) is -0.907. The number of hydrogen-bond donors (Lipinski definition) is 0. The molecule has 1 aliphatic carbocycles. The number of carbonyl (C=O) groups is 1. The minimum Gasteiger partial charge on any atom is -0.334 e. The van der Waals surface area contributed by atoms with E-state index in [1.165, 1.54) is 18.2 Å². The Hall–Kier alpha value is -3.01. The van der Waals surface area contributed by atoms with Gasteiger partial charge < -0.3 is 4.90 Å². The molecule has 1 aliphatic rings. The number of nitrogens with zero attached hydrogens (tertiary/aromatic N) is 1. The van der Waals surface area contributed by atoms with E-state index in [9.17, 15) is 13.6 Å². The molecule has 28 heavy (non-hydrogen) atoms. The highest BCUT2D eigenvalue weighted by Crippen LogP contribution is 2.50. The lowest BCUT2D eigenvalue weighted by Gasteiger charge is -2.29. The summed E-state index contributed by atoms with van der Waals surface area (Å²) < 4.78 is 27.5. The van der Waals surface area contributed by atoms with E-state index >= 15 is 0 Å². The molecule has 3 aromatic rings. The van der Waals surface area contributed by atoms with Crippen molar-refractivity contribution in [1.29, 1.82) is 0 Å². The molecule has 4 rings (SSSR count). The number of carbonyl (C=O) groups excluding carboxylic acids is 1. The van der Waals surface area contributed by atoms with Crippen LogP contribution in [0.5, 0.6) is 0 Å². The molecule has 3 atom stereocenters. The van der Waals surface area contributed by atoms with E-state index < -0.39 is 0 Å². The Morgan fingerprint density at radius 1 is 0.893 bits per heavy atom. The third kappa shape index (κ3) is 3.55. The highest BCUT2D eigenvalue weighted by Gasteiger charge is 2.47. The van der Waals surface area contributed by atoms with Gasteiger partial charge in [0.2, 0.25) is 5.91 Å². The molecule has 2 nitrogen and oxygen atoms in total. The number of halogens is 2. The van der Waals surface area contributed by atoms with Gasteiger partial charge in [-0.1, -0.05) is 60.7 Å². The summed E-state index contributed by atoms with van der Waals surface area (Å²) in [6.07, 6.45) is 0.648. The van der Waals surface area contributed by atoms with Crippen LogP contribution in [0.25, 0.3) is 0 Å². The molecular weight excluding hydrogens is 356 g/mol. The first kappa shape index (κ1) is 18.4.